The van der Waals surface area contributed by atoms with Crippen LogP contribution in [0.2, 0.25) is 0 Å². The van der Waals surface area contributed by atoms with Crippen molar-refractivity contribution >= 4 is 17.7 Å². The van der Waals surface area contributed by atoms with Crippen LogP contribution in [0.4, 0.5) is 4.79 Å². The van der Waals surface area contributed by atoms with Crippen molar-refractivity contribution in [3.05, 3.63) is 42.1 Å². The zero-order chi connectivity index (χ0) is 14.7. The van der Waals surface area contributed by atoms with Gasteiger partial charge in [0.05, 0.1) is 12.8 Å². The number of nitrogens with one attached hydrogen (secondary N) is 1. The van der Waals surface area contributed by atoms with E-state index in [4.69, 9.17) is 4.74 Å². The Labute approximate surface area is 118 Å². The number of carbonyl (C=O) groups is 2. The molecule has 20 heavy (non-hydrogen) atoms. The molecule has 0 saturated heterocycles. The molecule has 1 N–H and O–H groups in total. The van der Waals surface area contributed by atoms with Crippen LogP contribution in [-0.2, 0) is 9.53 Å². The maximum absolute atomic E-state index is 12.2. The third-order valence-electron chi connectivity index (χ3n) is 3.20. The van der Waals surface area contributed by atoms with E-state index in [-0.39, 0.29) is 11.8 Å². The molecule has 5 heteroatoms. The lowest BCUT2D eigenvalue weighted by Crippen LogP contribution is -2.53. The van der Waals surface area contributed by atoms with Crippen LogP contribution in [0.3, 0.4) is 0 Å². The van der Waals surface area contributed by atoms with Crippen molar-refractivity contribution in [1.29, 1.82) is 0 Å². The molecule has 1 atom stereocenters. The van der Waals surface area contributed by atoms with Gasteiger partial charge in [-0.05, 0) is 11.5 Å². The number of rotatable bonds is 2. The largest absolute Gasteiger partial charge is 0.452 e. The van der Waals surface area contributed by atoms with Crippen molar-refractivity contribution in [2.24, 2.45) is 5.92 Å². The third kappa shape index (κ3) is 2.66. The van der Waals surface area contributed by atoms with Gasteiger partial charge in [-0.3, -0.25) is 9.69 Å². The van der Waals surface area contributed by atoms with Gasteiger partial charge >= 0.3 is 6.09 Å². The van der Waals surface area contributed by atoms with Crippen LogP contribution >= 0.6 is 0 Å². The topological polar surface area (TPSA) is 58.6 Å². The summed E-state index contributed by atoms with van der Waals surface area (Å²) in [6.07, 6.45) is 1.10. The summed E-state index contributed by atoms with van der Waals surface area (Å²) in [6.45, 7) is 3.78. The molecule has 0 aromatic heterocycles. The van der Waals surface area contributed by atoms with Crippen molar-refractivity contribution in [3.8, 4) is 0 Å². The molecule has 0 saturated carbocycles. The summed E-state index contributed by atoms with van der Waals surface area (Å²) in [7, 11) is 1.31. The summed E-state index contributed by atoms with van der Waals surface area (Å²) in [5.74, 6) is -0.213. The fourth-order valence-electron chi connectivity index (χ4n) is 2.24. The minimum Gasteiger partial charge on any atom is -0.452 e. The van der Waals surface area contributed by atoms with Crippen LogP contribution in [0.5, 0.6) is 0 Å². The van der Waals surface area contributed by atoms with Gasteiger partial charge in [0.25, 0.3) is 0 Å². The highest BCUT2D eigenvalue weighted by Gasteiger charge is 2.36. The average molecular weight is 274 g/mol. The van der Waals surface area contributed by atoms with E-state index in [1.807, 2.05) is 44.2 Å². The number of nitrogens with zero attached hydrogens (tertiary/aromatic N) is 1. The van der Waals surface area contributed by atoms with Gasteiger partial charge in [-0.25, -0.2) is 4.79 Å². The fraction of sp³-hybridized carbons (Fsp3) is 0.333. The number of methoxy groups -OCH3 is 1. The summed E-state index contributed by atoms with van der Waals surface area (Å²) >= 11 is 0. The van der Waals surface area contributed by atoms with Gasteiger partial charge < -0.3 is 10.1 Å². The van der Waals surface area contributed by atoms with Gasteiger partial charge in [0, 0.05) is 6.20 Å². The number of hydrogen-bond acceptors (Lipinski definition) is 3. The molecule has 0 aliphatic carbocycles. The van der Waals surface area contributed by atoms with E-state index in [9.17, 15) is 9.59 Å². The van der Waals surface area contributed by atoms with Gasteiger partial charge in [-0.1, -0.05) is 44.2 Å². The van der Waals surface area contributed by atoms with Crippen LogP contribution < -0.4 is 5.32 Å². The molecule has 0 spiro atoms. The fourth-order valence-corrected chi connectivity index (χ4v) is 2.24. The van der Waals surface area contributed by atoms with Gasteiger partial charge in [-0.2, -0.15) is 0 Å². The molecular weight excluding hydrogens is 256 g/mol. The quantitative estimate of drug-likeness (QED) is 0.899. The third-order valence-corrected chi connectivity index (χ3v) is 3.20. The summed E-state index contributed by atoms with van der Waals surface area (Å²) in [6, 6.07) is 8.83. The first-order valence-corrected chi connectivity index (χ1v) is 6.49. The second-order valence-corrected chi connectivity index (χ2v) is 4.96. The minimum atomic E-state index is -0.560. The second kappa shape index (κ2) is 5.77. The first-order valence-electron chi connectivity index (χ1n) is 6.49. The number of hydrogen-bond donors (Lipinski definition) is 1. The Morgan fingerprint density at radius 2 is 1.95 bits per heavy atom. The van der Waals surface area contributed by atoms with Crippen molar-refractivity contribution in [2.45, 2.75) is 19.9 Å². The lowest BCUT2D eigenvalue weighted by molar-refractivity contribution is -0.125. The lowest BCUT2D eigenvalue weighted by Gasteiger charge is -2.34. The number of benzene rings is 1. The van der Waals surface area contributed by atoms with Crippen molar-refractivity contribution in [3.63, 3.8) is 0 Å². The summed E-state index contributed by atoms with van der Waals surface area (Å²) in [4.78, 5) is 25.5. The SMILES string of the molecule is COC(=O)N1C=C(c2ccccc2)NC(=O)[C@@H]1C(C)C. The second-order valence-electron chi connectivity index (χ2n) is 4.96. The van der Waals surface area contributed by atoms with E-state index in [1.165, 1.54) is 12.0 Å². The number of carbonyl (C=O) groups excluding carboxylic acids is 2. The molecule has 0 bridgehead atoms. The molecule has 1 heterocycles. The van der Waals surface area contributed by atoms with Crippen LogP contribution in [0.15, 0.2) is 36.5 Å². The van der Waals surface area contributed by atoms with E-state index < -0.39 is 12.1 Å². The molecular formula is C15H18N2O3. The van der Waals surface area contributed by atoms with E-state index in [0.29, 0.717) is 5.70 Å². The first-order chi connectivity index (χ1) is 9.54. The van der Waals surface area contributed by atoms with Gasteiger partial charge in [-0.15, -0.1) is 0 Å². The van der Waals surface area contributed by atoms with Crippen LogP contribution in [0.25, 0.3) is 5.70 Å². The van der Waals surface area contributed by atoms with Crippen LogP contribution in [0.1, 0.15) is 19.4 Å². The normalized spacial score (nSPS) is 18.6. The molecule has 2 amide bonds. The predicted octanol–water partition coefficient (Wildman–Crippen LogP) is 2.21. The maximum Gasteiger partial charge on any atom is 0.414 e. The Morgan fingerprint density at radius 3 is 2.50 bits per heavy atom. The highest BCUT2D eigenvalue weighted by Crippen LogP contribution is 2.23. The monoisotopic (exact) mass is 274 g/mol. The molecule has 5 nitrogen and oxygen atoms in total. The molecule has 0 fully saturated rings. The Balaban J connectivity index is 2.41. The standard InChI is InChI=1S/C15H18N2O3/c1-10(2)13-14(18)16-12(9-17(13)15(19)20-3)11-7-5-4-6-8-11/h4-10,13H,1-3H3,(H,16,18)/t13-/m0/s1. The molecule has 1 aliphatic rings. The van der Waals surface area contributed by atoms with Crippen LogP contribution in [0, 0.1) is 5.92 Å². The van der Waals surface area contributed by atoms with Crippen molar-refractivity contribution < 1.29 is 14.3 Å². The molecule has 106 valence electrons. The first kappa shape index (κ1) is 14.1. The molecule has 1 aliphatic heterocycles. The van der Waals surface area contributed by atoms with E-state index >= 15 is 0 Å². The summed E-state index contributed by atoms with van der Waals surface area (Å²) in [5.41, 5.74) is 1.44. The number of ether oxygens (including phenoxy) is 1. The van der Waals surface area contributed by atoms with E-state index in [2.05, 4.69) is 5.32 Å². The highest BCUT2D eigenvalue weighted by atomic mass is 16.5. The zero-order valence-electron chi connectivity index (χ0n) is 11.8. The van der Waals surface area contributed by atoms with E-state index in [1.54, 1.807) is 6.20 Å². The highest BCUT2D eigenvalue weighted by molar-refractivity contribution is 5.96. The summed E-state index contributed by atoms with van der Waals surface area (Å²) < 4.78 is 4.77. The molecule has 0 unspecified atom stereocenters. The van der Waals surface area contributed by atoms with Crippen molar-refractivity contribution in [2.75, 3.05) is 7.11 Å². The maximum atomic E-state index is 12.2. The Morgan fingerprint density at radius 1 is 1.30 bits per heavy atom. The van der Waals surface area contributed by atoms with Gasteiger partial charge in [0.2, 0.25) is 5.91 Å². The zero-order valence-corrected chi connectivity index (χ0v) is 11.8. The predicted molar refractivity (Wildman–Crippen MR) is 75.4 cm³/mol. The molecule has 1 aromatic carbocycles. The molecule has 1 aromatic rings. The smallest absolute Gasteiger partial charge is 0.414 e. The summed E-state index contributed by atoms with van der Waals surface area (Å²) in [5, 5.41) is 2.85. The van der Waals surface area contributed by atoms with Gasteiger partial charge in [0.15, 0.2) is 0 Å². The Bertz CT molecular complexity index is 537. The van der Waals surface area contributed by atoms with Gasteiger partial charge in [0.1, 0.15) is 6.04 Å². The Hall–Kier alpha value is -2.30. The minimum absolute atomic E-state index is 0.0114. The van der Waals surface area contributed by atoms with Crippen molar-refractivity contribution in [1.82, 2.24) is 10.2 Å². The molecule has 0 radical (unpaired) electrons. The van der Waals surface area contributed by atoms with Crippen LogP contribution in [-0.4, -0.2) is 30.1 Å². The number of amides is 2. The Kier molecular flexibility index (Phi) is 4.08. The molecule has 2 rings (SSSR count). The lowest BCUT2D eigenvalue weighted by atomic mass is 9.99. The van der Waals surface area contributed by atoms with E-state index in [0.717, 1.165) is 5.56 Å². The average Bonchev–Trinajstić information content (AvgIpc) is 2.46.